The lowest BCUT2D eigenvalue weighted by Gasteiger charge is -2.07. The molecule has 0 atom stereocenters. The van der Waals surface area contributed by atoms with E-state index in [0.29, 0.717) is 11.5 Å². The predicted octanol–water partition coefficient (Wildman–Crippen LogP) is 5.22. The minimum absolute atomic E-state index is 0.0647. The fourth-order valence-electron chi connectivity index (χ4n) is 1.62. The molecule has 0 aliphatic heterocycles. The molecular weight excluding hydrogens is 421 g/mol. The van der Waals surface area contributed by atoms with E-state index in [1.807, 2.05) is 18.2 Å². The summed E-state index contributed by atoms with van der Waals surface area (Å²) in [6.07, 6.45) is 0. The van der Waals surface area contributed by atoms with Crippen LogP contribution in [0.25, 0.3) is 0 Å². The number of hydrogen-bond acceptors (Lipinski definition) is 2. The minimum atomic E-state index is -0.249. The SMILES string of the molecule is O=C(CSCc1ccc(F)cc1)Nc1ccc(Br)cc1Br. The Morgan fingerprint density at radius 1 is 1.14 bits per heavy atom. The van der Waals surface area contributed by atoms with Crippen LogP contribution >= 0.6 is 43.6 Å². The molecule has 0 radical (unpaired) electrons. The Morgan fingerprint density at radius 2 is 1.86 bits per heavy atom. The number of anilines is 1. The van der Waals surface area contributed by atoms with Gasteiger partial charge in [0.2, 0.25) is 5.91 Å². The molecule has 0 bridgehead atoms. The van der Waals surface area contributed by atoms with E-state index in [4.69, 9.17) is 0 Å². The molecule has 2 rings (SSSR count). The number of nitrogens with one attached hydrogen (secondary N) is 1. The van der Waals surface area contributed by atoms with Gasteiger partial charge in [-0.2, -0.15) is 0 Å². The zero-order chi connectivity index (χ0) is 15.2. The maximum absolute atomic E-state index is 12.8. The molecule has 21 heavy (non-hydrogen) atoms. The van der Waals surface area contributed by atoms with Gasteiger partial charge in [-0.15, -0.1) is 11.8 Å². The van der Waals surface area contributed by atoms with E-state index in [9.17, 15) is 9.18 Å². The molecule has 0 aliphatic rings. The standard InChI is InChI=1S/C15H12Br2FNOS/c16-11-3-6-14(13(17)7-11)19-15(20)9-21-8-10-1-4-12(18)5-2-10/h1-7H,8-9H2,(H,19,20). The Morgan fingerprint density at radius 3 is 2.52 bits per heavy atom. The summed E-state index contributed by atoms with van der Waals surface area (Å²) < 4.78 is 14.5. The maximum Gasteiger partial charge on any atom is 0.234 e. The Hall–Kier alpha value is -0.850. The van der Waals surface area contributed by atoms with E-state index in [-0.39, 0.29) is 11.7 Å². The number of carbonyl (C=O) groups excluding carboxylic acids is 1. The van der Waals surface area contributed by atoms with Gasteiger partial charge < -0.3 is 5.32 Å². The lowest BCUT2D eigenvalue weighted by Crippen LogP contribution is -2.14. The fourth-order valence-corrected chi connectivity index (χ4v) is 3.55. The molecule has 6 heteroatoms. The number of thioether (sulfide) groups is 1. The first-order valence-corrected chi connectivity index (χ1v) is 8.86. The molecule has 0 saturated carbocycles. The van der Waals surface area contributed by atoms with E-state index in [1.54, 1.807) is 12.1 Å². The van der Waals surface area contributed by atoms with Crippen LogP contribution in [0.4, 0.5) is 10.1 Å². The molecule has 0 fully saturated rings. The second kappa shape index (κ2) is 7.96. The van der Waals surface area contributed by atoms with Crippen LogP contribution in [0.3, 0.4) is 0 Å². The van der Waals surface area contributed by atoms with Gasteiger partial charge in [0.15, 0.2) is 0 Å². The molecule has 0 aliphatic carbocycles. The summed E-state index contributed by atoms with van der Waals surface area (Å²) in [5, 5.41) is 2.85. The van der Waals surface area contributed by atoms with Crippen molar-refractivity contribution in [1.29, 1.82) is 0 Å². The first-order chi connectivity index (χ1) is 10.0. The van der Waals surface area contributed by atoms with Crippen molar-refractivity contribution in [2.75, 3.05) is 11.1 Å². The zero-order valence-corrected chi connectivity index (χ0v) is 14.9. The molecule has 0 heterocycles. The topological polar surface area (TPSA) is 29.1 Å². The van der Waals surface area contributed by atoms with Crippen molar-refractivity contribution in [2.24, 2.45) is 0 Å². The molecule has 0 unspecified atom stereocenters. The average Bonchev–Trinajstić information content (AvgIpc) is 2.44. The Balaban J connectivity index is 1.81. The van der Waals surface area contributed by atoms with Crippen molar-refractivity contribution < 1.29 is 9.18 Å². The van der Waals surface area contributed by atoms with E-state index < -0.39 is 0 Å². The Labute approximate surface area is 143 Å². The summed E-state index contributed by atoms with van der Waals surface area (Å²) in [6.45, 7) is 0. The molecule has 0 spiro atoms. The van der Waals surface area contributed by atoms with Crippen LogP contribution in [0, 0.1) is 5.82 Å². The molecule has 0 saturated heterocycles. The highest BCUT2D eigenvalue weighted by molar-refractivity contribution is 9.11. The summed E-state index contributed by atoms with van der Waals surface area (Å²) in [4.78, 5) is 11.9. The lowest BCUT2D eigenvalue weighted by molar-refractivity contribution is -0.113. The zero-order valence-electron chi connectivity index (χ0n) is 10.9. The minimum Gasteiger partial charge on any atom is -0.324 e. The van der Waals surface area contributed by atoms with Gasteiger partial charge in [-0.3, -0.25) is 4.79 Å². The van der Waals surface area contributed by atoms with E-state index in [1.165, 1.54) is 23.9 Å². The van der Waals surface area contributed by atoms with E-state index >= 15 is 0 Å². The van der Waals surface area contributed by atoms with Crippen molar-refractivity contribution in [3.8, 4) is 0 Å². The van der Waals surface area contributed by atoms with Crippen molar-refractivity contribution >= 4 is 55.2 Å². The molecule has 110 valence electrons. The van der Waals surface area contributed by atoms with Gasteiger partial charge in [-0.25, -0.2) is 4.39 Å². The number of rotatable bonds is 5. The van der Waals surface area contributed by atoms with Crippen LogP contribution in [0.5, 0.6) is 0 Å². The third-order valence-corrected chi connectivity index (χ3v) is 4.77. The highest BCUT2D eigenvalue weighted by Gasteiger charge is 2.06. The van der Waals surface area contributed by atoms with Crippen LogP contribution in [0.1, 0.15) is 5.56 Å². The molecule has 2 nitrogen and oxygen atoms in total. The van der Waals surface area contributed by atoms with Crippen molar-refractivity contribution in [3.05, 3.63) is 62.8 Å². The second-order valence-electron chi connectivity index (χ2n) is 4.29. The summed E-state index contributed by atoms with van der Waals surface area (Å²) in [5.74, 6) is 0.710. The van der Waals surface area contributed by atoms with Crippen LogP contribution in [-0.2, 0) is 10.5 Å². The van der Waals surface area contributed by atoms with Gasteiger partial charge in [0.1, 0.15) is 5.82 Å². The van der Waals surface area contributed by atoms with Gasteiger partial charge in [-0.1, -0.05) is 28.1 Å². The van der Waals surface area contributed by atoms with Crippen LogP contribution in [-0.4, -0.2) is 11.7 Å². The number of hydrogen-bond donors (Lipinski definition) is 1. The summed E-state index contributed by atoms with van der Waals surface area (Å²) in [6, 6.07) is 11.9. The molecular formula is C15H12Br2FNOS. The molecule has 2 aromatic rings. The van der Waals surface area contributed by atoms with Crippen molar-refractivity contribution in [3.63, 3.8) is 0 Å². The lowest BCUT2D eigenvalue weighted by atomic mass is 10.2. The van der Waals surface area contributed by atoms with Gasteiger partial charge >= 0.3 is 0 Å². The van der Waals surface area contributed by atoms with E-state index in [0.717, 1.165) is 20.2 Å². The first-order valence-electron chi connectivity index (χ1n) is 6.11. The monoisotopic (exact) mass is 431 g/mol. The number of carbonyl (C=O) groups is 1. The third-order valence-electron chi connectivity index (χ3n) is 2.62. The summed E-state index contributed by atoms with van der Waals surface area (Å²) in [5.41, 5.74) is 1.74. The quantitative estimate of drug-likeness (QED) is 0.701. The first kappa shape index (κ1) is 16.5. The Kier molecular flexibility index (Phi) is 6.26. The highest BCUT2D eigenvalue weighted by atomic mass is 79.9. The smallest absolute Gasteiger partial charge is 0.234 e. The molecule has 1 N–H and O–H groups in total. The van der Waals surface area contributed by atoms with Gasteiger partial charge in [0.25, 0.3) is 0 Å². The molecule has 0 aromatic heterocycles. The average molecular weight is 433 g/mol. The second-order valence-corrected chi connectivity index (χ2v) is 7.05. The van der Waals surface area contributed by atoms with Crippen LogP contribution in [0.15, 0.2) is 51.4 Å². The maximum atomic E-state index is 12.8. The number of halogens is 3. The summed E-state index contributed by atoms with van der Waals surface area (Å²) in [7, 11) is 0. The largest absolute Gasteiger partial charge is 0.324 e. The van der Waals surface area contributed by atoms with Gasteiger partial charge in [0, 0.05) is 14.7 Å². The number of amides is 1. The molecule has 2 aromatic carbocycles. The molecule has 1 amide bonds. The van der Waals surface area contributed by atoms with E-state index in [2.05, 4.69) is 37.2 Å². The third kappa shape index (κ3) is 5.45. The van der Waals surface area contributed by atoms with Gasteiger partial charge in [0.05, 0.1) is 11.4 Å². The van der Waals surface area contributed by atoms with Gasteiger partial charge in [-0.05, 0) is 51.8 Å². The normalized spacial score (nSPS) is 10.4. The fraction of sp³-hybridized carbons (Fsp3) is 0.133. The predicted molar refractivity (Wildman–Crippen MR) is 93.0 cm³/mol. The Bertz CT molecular complexity index is 634. The highest BCUT2D eigenvalue weighted by Crippen LogP contribution is 2.26. The van der Waals surface area contributed by atoms with Crippen LogP contribution in [0.2, 0.25) is 0 Å². The summed E-state index contributed by atoms with van der Waals surface area (Å²) >= 11 is 8.25. The number of benzene rings is 2. The van der Waals surface area contributed by atoms with Crippen molar-refractivity contribution in [2.45, 2.75) is 5.75 Å². The van der Waals surface area contributed by atoms with Crippen LogP contribution < -0.4 is 5.32 Å². The van der Waals surface area contributed by atoms with Crippen molar-refractivity contribution in [1.82, 2.24) is 0 Å².